The molecule has 6 heteroatoms. The molecule has 0 atom stereocenters. The second-order valence-electron chi connectivity index (χ2n) is 13.4. The van der Waals surface area contributed by atoms with Crippen LogP contribution in [-0.4, -0.2) is 23.0 Å². The number of nitrogens with zero attached hydrogens (tertiary/aromatic N) is 3. The van der Waals surface area contributed by atoms with E-state index in [9.17, 15) is 0 Å². The van der Waals surface area contributed by atoms with Crippen LogP contribution in [0, 0.1) is 25.0 Å². The number of hydrogen-bond donors (Lipinski definition) is 0. The minimum atomic E-state index is -1.31. The van der Waals surface area contributed by atoms with Crippen LogP contribution in [0.3, 0.4) is 0 Å². The van der Waals surface area contributed by atoms with Crippen LogP contribution >= 0.6 is 0 Å². The number of pyridine rings is 3. The first-order valence-corrected chi connectivity index (χ1v) is 19.3. The van der Waals surface area contributed by atoms with Crippen LogP contribution in [0.2, 0.25) is 19.6 Å². The van der Waals surface area contributed by atoms with Crippen LogP contribution in [-0.2, 0) is 39.4 Å². The molecule has 0 unspecified atom stereocenters. The van der Waals surface area contributed by atoms with Crippen LogP contribution in [0.15, 0.2) is 77.5 Å². The van der Waals surface area contributed by atoms with Gasteiger partial charge < -0.3 is 14.4 Å². The molecule has 0 fully saturated rings. The van der Waals surface area contributed by atoms with Crippen LogP contribution in [0.1, 0.15) is 49.1 Å². The summed E-state index contributed by atoms with van der Waals surface area (Å²) in [6.45, 7) is 13.7. The average Bonchev–Trinajstić information content (AvgIpc) is 3.38. The Hall–Kier alpha value is -3.44. The van der Waals surface area contributed by atoms with Crippen LogP contribution < -0.4 is 5.19 Å². The maximum atomic E-state index is 6.06. The third-order valence-electron chi connectivity index (χ3n) is 8.34. The smallest absolute Gasteiger partial charge is 0.216 e. The largest absolute Gasteiger partial charge is 0.486 e. The Bertz CT molecular complexity index is 1930. The first-order valence-electron chi connectivity index (χ1n) is 15.8. The zero-order valence-corrected chi connectivity index (χ0v) is 30.5. The van der Waals surface area contributed by atoms with Crippen molar-refractivity contribution in [2.45, 2.75) is 72.5 Å². The summed E-state index contributed by atoms with van der Waals surface area (Å²) in [5, 5.41) is 3.65. The third-order valence-corrected chi connectivity index (χ3v) is 10.4. The minimum absolute atomic E-state index is 0. The topological polar surface area (TPSA) is 51.8 Å². The van der Waals surface area contributed by atoms with Gasteiger partial charge in [-0.25, -0.2) is 4.98 Å². The van der Waals surface area contributed by atoms with Crippen molar-refractivity contribution in [2.24, 2.45) is 5.92 Å². The van der Waals surface area contributed by atoms with Gasteiger partial charge in [-0.1, -0.05) is 67.2 Å². The number of aromatic nitrogens is 3. The molecule has 45 heavy (non-hydrogen) atoms. The van der Waals surface area contributed by atoms with Gasteiger partial charge in [-0.05, 0) is 79.7 Å². The molecular formula is C39H41IrN3OSi-2. The van der Waals surface area contributed by atoms with E-state index in [2.05, 4.69) is 92.1 Å². The van der Waals surface area contributed by atoms with Gasteiger partial charge >= 0.3 is 0 Å². The van der Waals surface area contributed by atoms with Crippen molar-refractivity contribution in [1.82, 2.24) is 15.0 Å². The maximum absolute atomic E-state index is 6.06. The van der Waals surface area contributed by atoms with Crippen molar-refractivity contribution in [3.8, 4) is 22.5 Å². The monoisotopic (exact) mass is 788 g/mol. The van der Waals surface area contributed by atoms with E-state index in [-0.39, 0.29) is 20.1 Å². The van der Waals surface area contributed by atoms with Gasteiger partial charge in [0.2, 0.25) is 5.71 Å². The Kier molecular flexibility index (Phi) is 10.2. The van der Waals surface area contributed by atoms with E-state index in [4.69, 9.17) is 9.40 Å². The van der Waals surface area contributed by atoms with Gasteiger partial charge in [0.15, 0.2) is 0 Å². The normalized spacial score (nSPS) is 12.9. The number of rotatable bonds is 5. The van der Waals surface area contributed by atoms with Gasteiger partial charge in [-0.2, -0.15) is 0 Å². The van der Waals surface area contributed by atoms with Gasteiger partial charge in [-0.15, -0.1) is 54.1 Å². The van der Waals surface area contributed by atoms with Crippen LogP contribution in [0.25, 0.3) is 44.6 Å². The molecule has 6 aromatic rings. The Morgan fingerprint density at radius 3 is 2.42 bits per heavy atom. The summed E-state index contributed by atoms with van der Waals surface area (Å²) in [7, 11) is -1.31. The number of benzene rings is 2. The van der Waals surface area contributed by atoms with Crippen molar-refractivity contribution in [3.05, 3.63) is 108 Å². The van der Waals surface area contributed by atoms with Crippen molar-refractivity contribution >= 4 is 35.3 Å². The number of hydrogen-bond acceptors (Lipinski definition) is 4. The first kappa shape index (κ1) is 32.9. The molecule has 7 rings (SSSR count). The van der Waals surface area contributed by atoms with Gasteiger partial charge in [-0.3, -0.25) is 0 Å². The second kappa shape index (κ2) is 13.9. The molecule has 0 amide bonds. The average molecular weight is 788 g/mol. The molecule has 0 spiro atoms. The van der Waals surface area contributed by atoms with E-state index in [1.807, 2.05) is 43.5 Å². The van der Waals surface area contributed by atoms with Gasteiger partial charge in [0.05, 0.1) is 13.7 Å². The van der Waals surface area contributed by atoms with Gasteiger partial charge in [0, 0.05) is 43.6 Å². The number of fused-ring (bicyclic) bond motifs is 4. The predicted molar refractivity (Wildman–Crippen MR) is 185 cm³/mol. The molecule has 233 valence electrons. The summed E-state index contributed by atoms with van der Waals surface area (Å²) in [6.07, 6.45) is 10.1. The van der Waals surface area contributed by atoms with E-state index in [1.165, 1.54) is 42.5 Å². The Balaban J connectivity index is 0.000000177. The van der Waals surface area contributed by atoms with Crippen LogP contribution in [0.5, 0.6) is 0 Å². The van der Waals surface area contributed by atoms with E-state index in [1.54, 1.807) is 10.8 Å². The molecule has 0 bridgehead atoms. The first-order chi connectivity index (χ1) is 21.2. The molecular weight excluding hydrogens is 747 g/mol. The molecule has 4 heterocycles. The molecule has 1 aliphatic carbocycles. The van der Waals surface area contributed by atoms with Crippen molar-refractivity contribution in [2.75, 3.05) is 0 Å². The molecule has 1 aliphatic rings. The third kappa shape index (κ3) is 7.19. The molecule has 1 radical (unpaired) electrons. The fourth-order valence-corrected chi connectivity index (χ4v) is 7.92. The van der Waals surface area contributed by atoms with Crippen molar-refractivity contribution in [1.29, 1.82) is 0 Å². The molecule has 4 aromatic heterocycles. The van der Waals surface area contributed by atoms with Crippen molar-refractivity contribution in [3.63, 3.8) is 0 Å². The number of aryl methyl sites for hydroxylation is 1. The quantitative estimate of drug-likeness (QED) is 0.129. The minimum Gasteiger partial charge on any atom is -0.486 e. The van der Waals surface area contributed by atoms with E-state index in [0.717, 1.165) is 45.3 Å². The van der Waals surface area contributed by atoms with Crippen molar-refractivity contribution < 1.29 is 24.5 Å². The molecule has 0 aliphatic heterocycles. The Labute approximate surface area is 282 Å². The number of furan rings is 1. The zero-order chi connectivity index (χ0) is 30.8. The second-order valence-corrected chi connectivity index (χ2v) is 18.4. The summed E-state index contributed by atoms with van der Waals surface area (Å²) in [5.41, 5.74) is 10.9. The van der Waals surface area contributed by atoms with Crippen LogP contribution in [0.4, 0.5) is 0 Å². The molecule has 0 N–H and O–H groups in total. The summed E-state index contributed by atoms with van der Waals surface area (Å²) >= 11 is 0. The maximum Gasteiger partial charge on any atom is 0.216 e. The Morgan fingerprint density at radius 2 is 1.69 bits per heavy atom. The fourth-order valence-electron chi connectivity index (χ4n) is 6.28. The standard InChI is InChI=1S/C21H19N2O.C18H22NSi.Ir/c1-13(2)11-15-9-10-22-19(12-15)18-6-4-5-16-17-8-7-14(3)23-21(17)24-20(16)18;1-20(2,3)17-13-19-18(14-9-5-4-6-10-14)16-12-8-7-11-15(16)17;/h4-5,7-10,12-13H,11H2,1-3H3;4-6,9,13H,7-8,11-12H2,1-3H3;/q2*-1;. The summed E-state index contributed by atoms with van der Waals surface area (Å²) in [4.78, 5) is 13.9. The summed E-state index contributed by atoms with van der Waals surface area (Å²) in [5.74, 6) is 0.610. The molecule has 0 saturated carbocycles. The summed E-state index contributed by atoms with van der Waals surface area (Å²) < 4.78 is 6.06. The predicted octanol–water partition coefficient (Wildman–Crippen LogP) is 9.32. The summed E-state index contributed by atoms with van der Waals surface area (Å²) in [6, 6.07) is 27.1. The molecule has 2 aromatic carbocycles. The Morgan fingerprint density at radius 1 is 0.889 bits per heavy atom. The van der Waals surface area contributed by atoms with E-state index in [0.29, 0.717) is 11.6 Å². The zero-order valence-electron chi connectivity index (χ0n) is 27.1. The van der Waals surface area contributed by atoms with E-state index >= 15 is 0 Å². The van der Waals surface area contributed by atoms with E-state index < -0.39 is 8.07 Å². The molecule has 4 nitrogen and oxygen atoms in total. The fraction of sp³-hybridized carbons (Fsp3) is 0.308. The molecule has 0 saturated heterocycles. The SMILES string of the molecule is C[Si](C)(C)c1cnc(-c2[c-]cccc2)c2c1CCCC2.Cc1ccc2c(n1)oc1c(-c3cc(CC(C)C)ccn3)[c-]ccc12.[Ir]. The van der Waals surface area contributed by atoms with Gasteiger partial charge in [0.25, 0.3) is 0 Å². The van der Waals surface area contributed by atoms with Gasteiger partial charge in [0.1, 0.15) is 0 Å².